The van der Waals surface area contributed by atoms with Gasteiger partial charge in [0.2, 0.25) is 0 Å². The number of pyridine rings is 1. The highest BCUT2D eigenvalue weighted by Crippen LogP contribution is 2.30. The van der Waals surface area contributed by atoms with Gasteiger partial charge in [0, 0.05) is 6.54 Å². The molecule has 1 saturated carbocycles. The highest BCUT2D eigenvalue weighted by Gasteiger charge is 2.31. The lowest BCUT2D eigenvalue weighted by molar-refractivity contribution is 0.0609. The molecule has 18 heavy (non-hydrogen) atoms. The number of aliphatic hydroxyl groups is 1. The van der Waals surface area contributed by atoms with Crippen molar-refractivity contribution in [3.05, 3.63) is 22.8 Å². The fourth-order valence-electron chi connectivity index (χ4n) is 2.20. The van der Waals surface area contributed by atoms with E-state index in [4.69, 9.17) is 16.7 Å². The minimum atomic E-state index is -1.07. The Morgan fingerprint density at radius 3 is 2.72 bits per heavy atom. The summed E-state index contributed by atoms with van der Waals surface area (Å²) in [5.41, 5.74) is -0.708. The van der Waals surface area contributed by atoms with Crippen LogP contribution in [0.25, 0.3) is 0 Å². The van der Waals surface area contributed by atoms with E-state index >= 15 is 0 Å². The molecule has 3 N–H and O–H groups in total. The zero-order valence-corrected chi connectivity index (χ0v) is 10.6. The molecule has 0 aromatic carbocycles. The lowest BCUT2D eigenvalue weighted by atomic mass is 10.0. The summed E-state index contributed by atoms with van der Waals surface area (Å²) in [5.74, 6) is -0.865. The van der Waals surface area contributed by atoms with Crippen molar-refractivity contribution >= 4 is 23.4 Å². The van der Waals surface area contributed by atoms with Crippen molar-refractivity contribution in [1.29, 1.82) is 0 Å². The average Bonchev–Trinajstić information content (AvgIpc) is 2.74. The zero-order valence-electron chi connectivity index (χ0n) is 9.82. The van der Waals surface area contributed by atoms with Crippen LogP contribution in [0.5, 0.6) is 0 Å². The summed E-state index contributed by atoms with van der Waals surface area (Å²) in [6.07, 6.45) is 3.44. The second-order valence-electron chi connectivity index (χ2n) is 4.62. The predicted octanol–water partition coefficient (Wildman–Crippen LogP) is 2.15. The fraction of sp³-hybridized carbons (Fsp3) is 0.500. The van der Waals surface area contributed by atoms with Crippen LogP contribution in [-0.2, 0) is 0 Å². The molecule has 2 rings (SSSR count). The van der Waals surface area contributed by atoms with E-state index in [1.165, 1.54) is 12.1 Å². The van der Waals surface area contributed by atoms with Crippen LogP contribution in [-0.4, -0.2) is 33.3 Å². The number of anilines is 1. The molecule has 0 spiro atoms. The monoisotopic (exact) mass is 270 g/mol. The van der Waals surface area contributed by atoms with Gasteiger partial charge in [-0.3, -0.25) is 0 Å². The molecule has 0 saturated heterocycles. The van der Waals surface area contributed by atoms with Crippen molar-refractivity contribution in [2.45, 2.75) is 31.3 Å². The van der Waals surface area contributed by atoms with E-state index in [2.05, 4.69) is 10.3 Å². The molecule has 5 nitrogen and oxygen atoms in total. The van der Waals surface area contributed by atoms with Crippen LogP contribution in [0.2, 0.25) is 5.15 Å². The second kappa shape index (κ2) is 5.12. The number of halogens is 1. The zero-order chi connectivity index (χ0) is 13.2. The van der Waals surface area contributed by atoms with Gasteiger partial charge in [0.25, 0.3) is 0 Å². The van der Waals surface area contributed by atoms with Gasteiger partial charge in [0.15, 0.2) is 0 Å². The second-order valence-corrected chi connectivity index (χ2v) is 5.01. The molecule has 0 bridgehead atoms. The molecule has 98 valence electrons. The average molecular weight is 271 g/mol. The standard InChI is InChI=1S/C12H15ClN2O3/c13-9-4-3-8(11(16)17)10(15-9)14-7-12(18)5-1-2-6-12/h3-4,18H,1-2,5-7H2,(H,14,15)(H,16,17). The number of carboxylic acid groups (broad SMARTS) is 1. The number of aromatic nitrogens is 1. The lowest BCUT2D eigenvalue weighted by Gasteiger charge is -2.23. The van der Waals surface area contributed by atoms with Crippen molar-refractivity contribution in [3.8, 4) is 0 Å². The highest BCUT2D eigenvalue weighted by atomic mass is 35.5. The highest BCUT2D eigenvalue weighted by molar-refractivity contribution is 6.29. The van der Waals surface area contributed by atoms with Crippen LogP contribution >= 0.6 is 11.6 Å². The smallest absolute Gasteiger partial charge is 0.339 e. The van der Waals surface area contributed by atoms with Crippen LogP contribution < -0.4 is 5.32 Å². The molecule has 1 heterocycles. The maximum Gasteiger partial charge on any atom is 0.339 e. The minimum absolute atomic E-state index is 0.0565. The molecular weight excluding hydrogens is 256 g/mol. The largest absolute Gasteiger partial charge is 0.478 e. The first-order chi connectivity index (χ1) is 8.50. The molecule has 6 heteroatoms. The summed E-state index contributed by atoms with van der Waals surface area (Å²) in [6, 6.07) is 2.83. The van der Waals surface area contributed by atoms with E-state index in [9.17, 15) is 9.90 Å². The van der Waals surface area contributed by atoms with E-state index in [0.29, 0.717) is 6.54 Å². The van der Waals surface area contributed by atoms with Gasteiger partial charge in [0.1, 0.15) is 16.5 Å². The van der Waals surface area contributed by atoms with Crippen LogP contribution in [0.4, 0.5) is 5.82 Å². The summed E-state index contributed by atoms with van der Waals surface area (Å²) in [6.45, 7) is 0.292. The fourth-order valence-corrected chi connectivity index (χ4v) is 2.35. The van der Waals surface area contributed by atoms with E-state index in [1.807, 2.05) is 0 Å². The molecule has 1 aliphatic carbocycles. The van der Waals surface area contributed by atoms with Gasteiger partial charge in [-0.15, -0.1) is 0 Å². The number of nitrogens with zero attached hydrogens (tertiary/aromatic N) is 1. The Kier molecular flexibility index (Phi) is 3.73. The van der Waals surface area contributed by atoms with E-state index in [-0.39, 0.29) is 16.5 Å². The predicted molar refractivity (Wildman–Crippen MR) is 68.1 cm³/mol. The lowest BCUT2D eigenvalue weighted by Crippen LogP contribution is -2.34. The number of hydrogen-bond donors (Lipinski definition) is 3. The van der Waals surface area contributed by atoms with Gasteiger partial charge in [-0.25, -0.2) is 9.78 Å². The summed E-state index contributed by atoms with van der Waals surface area (Å²) in [7, 11) is 0. The molecular formula is C12H15ClN2O3. The van der Waals surface area contributed by atoms with Crippen molar-refractivity contribution in [1.82, 2.24) is 4.98 Å². The molecule has 0 unspecified atom stereocenters. The van der Waals surface area contributed by atoms with Crippen molar-refractivity contribution in [3.63, 3.8) is 0 Å². The number of hydrogen-bond acceptors (Lipinski definition) is 4. The molecule has 1 fully saturated rings. The summed E-state index contributed by atoms with van der Waals surface area (Å²) in [4.78, 5) is 15.0. The molecule has 1 aromatic heterocycles. The molecule has 0 amide bonds. The Balaban J connectivity index is 2.12. The van der Waals surface area contributed by atoms with Gasteiger partial charge >= 0.3 is 5.97 Å². The Bertz CT molecular complexity index is 459. The minimum Gasteiger partial charge on any atom is -0.478 e. The third-order valence-electron chi connectivity index (χ3n) is 3.21. The van der Waals surface area contributed by atoms with E-state index in [0.717, 1.165) is 25.7 Å². The van der Waals surface area contributed by atoms with Crippen LogP contribution in [0.3, 0.4) is 0 Å². The number of carbonyl (C=O) groups is 1. The summed E-state index contributed by atoms with van der Waals surface area (Å²) < 4.78 is 0. The van der Waals surface area contributed by atoms with Crippen molar-refractivity contribution < 1.29 is 15.0 Å². The van der Waals surface area contributed by atoms with Crippen LogP contribution in [0.15, 0.2) is 12.1 Å². The first-order valence-electron chi connectivity index (χ1n) is 5.86. The van der Waals surface area contributed by atoms with Gasteiger partial charge in [-0.1, -0.05) is 24.4 Å². The van der Waals surface area contributed by atoms with Gasteiger partial charge in [0.05, 0.1) is 5.60 Å². The Morgan fingerprint density at radius 1 is 1.44 bits per heavy atom. The molecule has 0 atom stereocenters. The van der Waals surface area contributed by atoms with Crippen molar-refractivity contribution in [2.24, 2.45) is 0 Å². The summed E-state index contributed by atoms with van der Waals surface area (Å²) >= 11 is 5.75. The van der Waals surface area contributed by atoms with Crippen LogP contribution in [0.1, 0.15) is 36.0 Å². The normalized spacial score (nSPS) is 17.7. The van der Waals surface area contributed by atoms with Crippen molar-refractivity contribution in [2.75, 3.05) is 11.9 Å². The third kappa shape index (κ3) is 2.91. The molecule has 0 aliphatic heterocycles. The SMILES string of the molecule is O=C(O)c1ccc(Cl)nc1NCC1(O)CCCC1. The first-order valence-corrected chi connectivity index (χ1v) is 6.24. The quantitative estimate of drug-likeness (QED) is 0.730. The van der Waals surface area contributed by atoms with Gasteiger partial charge < -0.3 is 15.5 Å². The molecule has 1 aliphatic rings. The molecule has 1 aromatic rings. The Morgan fingerprint density at radius 2 is 2.11 bits per heavy atom. The Hall–Kier alpha value is -1.33. The van der Waals surface area contributed by atoms with Crippen LogP contribution in [0, 0.1) is 0 Å². The molecule has 0 radical (unpaired) electrons. The number of carboxylic acids is 1. The topological polar surface area (TPSA) is 82.5 Å². The maximum absolute atomic E-state index is 11.0. The van der Waals surface area contributed by atoms with Gasteiger partial charge in [-0.2, -0.15) is 0 Å². The maximum atomic E-state index is 11.0. The number of nitrogens with one attached hydrogen (secondary N) is 1. The first kappa shape index (κ1) is 13.1. The summed E-state index contributed by atoms with van der Waals surface area (Å²) in [5, 5.41) is 22.3. The number of rotatable bonds is 4. The van der Waals surface area contributed by atoms with E-state index in [1.54, 1.807) is 0 Å². The van der Waals surface area contributed by atoms with E-state index < -0.39 is 11.6 Å². The Labute approximate surface area is 110 Å². The third-order valence-corrected chi connectivity index (χ3v) is 3.42. The van der Waals surface area contributed by atoms with Gasteiger partial charge in [-0.05, 0) is 25.0 Å². The number of aromatic carboxylic acids is 1.